The molecule has 0 spiro atoms. The molecule has 2 bridgehead atoms. The molecule has 2 aliphatic rings. The smallest absolute Gasteiger partial charge is 0.191 e. The Labute approximate surface area is 119 Å². The van der Waals surface area contributed by atoms with Gasteiger partial charge in [0.1, 0.15) is 12.0 Å². The highest BCUT2D eigenvalue weighted by molar-refractivity contribution is 5.62. The van der Waals surface area contributed by atoms with Crippen molar-refractivity contribution in [2.75, 3.05) is 5.32 Å². The third-order valence-electron chi connectivity index (χ3n) is 4.89. The maximum atomic E-state index is 5.26. The van der Waals surface area contributed by atoms with E-state index >= 15 is 0 Å². The van der Waals surface area contributed by atoms with Crippen LogP contribution in [-0.2, 0) is 0 Å². The van der Waals surface area contributed by atoms with Gasteiger partial charge in [-0.2, -0.15) is 0 Å². The van der Waals surface area contributed by atoms with Gasteiger partial charge in [-0.15, -0.1) is 0 Å². The van der Waals surface area contributed by atoms with Gasteiger partial charge in [-0.25, -0.2) is 4.98 Å². The standard InChI is InChI=1S/C17H20N2O/c1-11-18-17(10-20-11)13-4-6-15(7-5-13)19-16-9-12-2-3-14(16)8-12/h4-7,10,12,14,16,19H,2-3,8-9H2,1H3. The second-order valence-corrected chi connectivity index (χ2v) is 6.25. The van der Waals surface area contributed by atoms with Gasteiger partial charge in [0.2, 0.25) is 0 Å². The highest BCUT2D eigenvalue weighted by Gasteiger charge is 2.39. The maximum Gasteiger partial charge on any atom is 0.191 e. The minimum Gasteiger partial charge on any atom is -0.449 e. The van der Waals surface area contributed by atoms with Crippen LogP contribution in [0, 0.1) is 18.8 Å². The number of aryl methyl sites for hydroxylation is 1. The van der Waals surface area contributed by atoms with E-state index in [-0.39, 0.29) is 0 Å². The van der Waals surface area contributed by atoms with Gasteiger partial charge in [0.25, 0.3) is 0 Å². The van der Waals surface area contributed by atoms with E-state index in [1.807, 2.05) is 6.92 Å². The quantitative estimate of drug-likeness (QED) is 0.904. The summed E-state index contributed by atoms with van der Waals surface area (Å²) in [4.78, 5) is 4.36. The molecule has 104 valence electrons. The average molecular weight is 268 g/mol. The third-order valence-corrected chi connectivity index (χ3v) is 4.89. The van der Waals surface area contributed by atoms with Crippen LogP contribution in [0.5, 0.6) is 0 Å². The first-order valence-electron chi connectivity index (χ1n) is 7.57. The van der Waals surface area contributed by atoms with Crippen molar-refractivity contribution in [3.05, 3.63) is 36.4 Å². The summed E-state index contributed by atoms with van der Waals surface area (Å²) in [6.07, 6.45) is 7.38. The molecule has 1 heterocycles. The van der Waals surface area contributed by atoms with Crippen LogP contribution in [0.2, 0.25) is 0 Å². The third kappa shape index (κ3) is 2.11. The zero-order chi connectivity index (χ0) is 13.5. The Bertz CT molecular complexity index is 602. The Balaban J connectivity index is 1.47. The molecule has 3 atom stereocenters. The molecule has 0 radical (unpaired) electrons. The van der Waals surface area contributed by atoms with Crippen LogP contribution in [-0.4, -0.2) is 11.0 Å². The molecule has 1 aromatic heterocycles. The lowest BCUT2D eigenvalue weighted by atomic mass is 9.95. The average Bonchev–Trinajstić information content (AvgIpc) is 3.16. The van der Waals surface area contributed by atoms with Gasteiger partial charge in [-0.3, -0.25) is 0 Å². The van der Waals surface area contributed by atoms with Crippen molar-refractivity contribution in [3.8, 4) is 11.3 Å². The molecule has 0 amide bonds. The molecule has 2 saturated carbocycles. The van der Waals surface area contributed by atoms with Crippen LogP contribution < -0.4 is 5.32 Å². The van der Waals surface area contributed by atoms with Gasteiger partial charge in [0.05, 0.1) is 0 Å². The maximum absolute atomic E-state index is 5.26. The second kappa shape index (κ2) is 4.65. The van der Waals surface area contributed by atoms with Crippen LogP contribution in [0.3, 0.4) is 0 Å². The van der Waals surface area contributed by atoms with Crippen LogP contribution in [0.4, 0.5) is 5.69 Å². The summed E-state index contributed by atoms with van der Waals surface area (Å²) in [5.41, 5.74) is 3.25. The normalized spacial score (nSPS) is 27.9. The molecular formula is C17H20N2O. The minimum atomic E-state index is 0.689. The van der Waals surface area contributed by atoms with E-state index < -0.39 is 0 Å². The van der Waals surface area contributed by atoms with E-state index in [1.165, 1.54) is 31.4 Å². The van der Waals surface area contributed by atoms with E-state index in [1.54, 1.807) is 6.26 Å². The van der Waals surface area contributed by atoms with Crippen molar-refractivity contribution in [3.63, 3.8) is 0 Å². The summed E-state index contributed by atoms with van der Waals surface area (Å²) in [5.74, 6) is 2.59. The Morgan fingerprint density at radius 2 is 2.00 bits per heavy atom. The highest BCUT2D eigenvalue weighted by Crippen LogP contribution is 2.45. The Kier molecular flexibility index (Phi) is 2.79. The summed E-state index contributed by atoms with van der Waals surface area (Å²) >= 11 is 0. The Morgan fingerprint density at radius 1 is 1.15 bits per heavy atom. The molecule has 3 nitrogen and oxygen atoms in total. The number of hydrogen-bond donors (Lipinski definition) is 1. The van der Waals surface area contributed by atoms with Gasteiger partial charge in [-0.1, -0.05) is 18.6 Å². The van der Waals surface area contributed by atoms with E-state index in [4.69, 9.17) is 4.42 Å². The van der Waals surface area contributed by atoms with Gasteiger partial charge < -0.3 is 9.73 Å². The molecular weight excluding hydrogens is 248 g/mol. The fraction of sp³-hybridized carbons (Fsp3) is 0.471. The molecule has 3 heteroatoms. The molecule has 20 heavy (non-hydrogen) atoms. The summed E-state index contributed by atoms with van der Waals surface area (Å²) in [6.45, 7) is 1.87. The number of hydrogen-bond acceptors (Lipinski definition) is 3. The second-order valence-electron chi connectivity index (χ2n) is 6.25. The van der Waals surface area contributed by atoms with Gasteiger partial charge >= 0.3 is 0 Å². The van der Waals surface area contributed by atoms with Crippen molar-refractivity contribution in [1.29, 1.82) is 0 Å². The monoisotopic (exact) mass is 268 g/mol. The highest BCUT2D eigenvalue weighted by atomic mass is 16.3. The molecule has 2 aromatic rings. The topological polar surface area (TPSA) is 38.1 Å². The number of nitrogens with zero attached hydrogens (tertiary/aromatic N) is 1. The SMILES string of the molecule is Cc1nc(-c2ccc(NC3CC4CCC3C4)cc2)co1. The zero-order valence-electron chi connectivity index (χ0n) is 11.8. The number of oxazole rings is 1. The van der Waals surface area contributed by atoms with Crippen molar-refractivity contribution in [2.45, 2.75) is 38.6 Å². The summed E-state index contributed by atoms with van der Waals surface area (Å²) in [6, 6.07) is 9.24. The van der Waals surface area contributed by atoms with E-state index in [0.717, 1.165) is 23.1 Å². The van der Waals surface area contributed by atoms with Crippen molar-refractivity contribution in [1.82, 2.24) is 4.98 Å². The van der Waals surface area contributed by atoms with Crippen LogP contribution in [0.25, 0.3) is 11.3 Å². The van der Waals surface area contributed by atoms with Crippen LogP contribution in [0.15, 0.2) is 34.9 Å². The number of benzene rings is 1. The van der Waals surface area contributed by atoms with E-state index in [0.29, 0.717) is 11.9 Å². The summed E-state index contributed by atoms with van der Waals surface area (Å²) < 4.78 is 5.26. The first-order chi connectivity index (χ1) is 9.78. The van der Waals surface area contributed by atoms with Gasteiger partial charge in [0, 0.05) is 24.2 Å². The van der Waals surface area contributed by atoms with Crippen LogP contribution >= 0.6 is 0 Å². The number of anilines is 1. The number of aromatic nitrogens is 1. The van der Waals surface area contributed by atoms with E-state index in [9.17, 15) is 0 Å². The van der Waals surface area contributed by atoms with Gasteiger partial charge in [-0.05, 0) is 43.2 Å². The van der Waals surface area contributed by atoms with Crippen molar-refractivity contribution in [2.24, 2.45) is 11.8 Å². The lowest BCUT2D eigenvalue weighted by molar-refractivity contribution is 0.440. The first kappa shape index (κ1) is 12.0. The van der Waals surface area contributed by atoms with Crippen molar-refractivity contribution >= 4 is 5.69 Å². The number of fused-ring (bicyclic) bond motifs is 2. The molecule has 2 aliphatic carbocycles. The van der Waals surface area contributed by atoms with Gasteiger partial charge in [0.15, 0.2) is 5.89 Å². The molecule has 4 rings (SSSR count). The fourth-order valence-electron chi connectivity index (χ4n) is 3.87. The molecule has 3 unspecified atom stereocenters. The lowest BCUT2D eigenvalue weighted by Crippen LogP contribution is -2.25. The largest absolute Gasteiger partial charge is 0.449 e. The molecule has 0 aliphatic heterocycles. The lowest BCUT2D eigenvalue weighted by Gasteiger charge is -2.24. The molecule has 2 fully saturated rings. The number of nitrogens with one attached hydrogen (secondary N) is 1. The van der Waals surface area contributed by atoms with Crippen LogP contribution in [0.1, 0.15) is 31.6 Å². The number of rotatable bonds is 3. The molecule has 1 N–H and O–H groups in total. The fourth-order valence-corrected chi connectivity index (χ4v) is 3.87. The molecule has 0 saturated heterocycles. The summed E-state index contributed by atoms with van der Waals surface area (Å²) in [7, 11) is 0. The first-order valence-corrected chi connectivity index (χ1v) is 7.57. The van der Waals surface area contributed by atoms with Crippen molar-refractivity contribution < 1.29 is 4.42 Å². The van der Waals surface area contributed by atoms with E-state index in [2.05, 4.69) is 34.6 Å². The summed E-state index contributed by atoms with van der Waals surface area (Å²) in [5, 5.41) is 3.71. The predicted molar refractivity (Wildman–Crippen MR) is 79.5 cm³/mol. The predicted octanol–water partition coefficient (Wildman–Crippen LogP) is 4.25. The minimum absolute atomic E-state index is 0.689. The Hall–Kier alpha value is -1.77. The Morgan fingerprint density at radius 3 is 2.60 bits per heavy atom. The molecule has 1 aromatic carbocycles. The zero-order valence-corrected chi connectivity index (χ0v) is 11.8.